The predicted molar refractivity (Wildman–Crippen MR) is 50.5 cm³/mol. The maximum absolute atomic E-state index is 11.5. The Morgan fingerprint density at radius 3 is 3.15 bits per heavy atom. The number of fused-ring (bicyclic) bond motifs is 2. The van der Waals surface area contributed by atoms with E-state index in [1.54, 1.807) is 0 Å². The van der Waals surface area contributed by atoms with Gasteiger partial charge in [-0.1, -0.05) is 0 Å². The first kappa shape index (κ1) is 8.81. The lowest BCUT2D eigenvalue weighted by Gasteiger charge is -2.30. The van der Waals surface area contributed by atoms with Crippen LogP contribution in [0.4, 0.5) is 4.79 Å². The Morgan fingerprint density at radius 1 is 1.62 bits per heavy atom. The van der Waals surface area contributed by atoms with Crippen LogP contribution in [0.1, 0.15) is 13.3 Å². The molecule has 4 nitrogen and oxygen atoms in total. The van der Waals surface area contributed by atoms with Gasteiger partial charge < -0.3 is 15.5 Å². The van der Waals surface area contributed by atoms with E-state index in [0.29, 0.717) is 12.0 Å². The molecule has 2 aliphatic rings. The van der Waals surface area contributed by atoms with Gasteiger partial charge in [-0.3, -0.25) is 0 Å². The number of rotatable bonds is 1. The predicted octanol–water partition coefficient (Wildman–Crippen LogP) is 0.00960. The van der Waals surface area contributed by atoms with Crippen LogP contribution in [-0.4, -0.2) is 43.2 Å². The van der Waals surface area contributed by atoms with Gasteiger partial charge in [-0.25, -0.2) is 4.79 Å². The monoisotopic (exact) mass is 183 g/mol. The fourth-order valence-electron chi connectivity index (χ4n) is 2.26. The number of carbonyl (C=O) groups excluding carboxylic acids is 1. The van der Waals surface area contributed by atoms with Gasteiger partial charge in [0.2, 0.25) is 0 Å². The molecule has 0 saturated carbocycles. The molecule has 0 aromatic rings. The first-order valence-electron chi connectivity index (χ1n) is 5.05. The minimum Gasteiger partial charge on any atom is -0.338 e. The van der Waals surface area contributed by atoms with Gasteiger partial charge >= 0.3 is 6.03 Å². The van der Waals surface area contributed by atoms with Crippen LogP contribution in [0.15, 0.2) is 0 Å². The molecule has 74 valence electrons. The Kier molecular flexibility index (Phi) is 2.40. The molecule has 0 spiro atoms. The van der Waals surface area contributed by atoms with Crippen LogP contribution in [0, 0.1) is 5.92 Å². The number of nitrogens with zero attached hydrogens (tertiary/aromatic N) is 1. The molecule has 2 unspecified atom stereocenters. The highest BCUT2D eigenvalue weighted by molar-refractivity contribution is 5.74. The second-order valence-electron chi connectivity index (χ2n) is 3.95. The second kappa shape index (κ2) is 3.54. The maximum atomic E-state index is 11.5. The van der Waals surface area contributed by atoms with Crippen molar-refractivity contribution in [3.8, 4) is 0 Å². The second-order valence-corrected chi connectivity index (χ2v) is 3.95. The molecule has 0 aromatic carbocycles. The molecule has 13 heavy (non-hydrogen) atoms. The van der Waals surface area contributed by atoms with Crippen molar-refractivity contribution in [3.63, 3.8) is 0 Å². The highest BCUT2D eigenvalue weighted by atomic mass is 16.2. The van der Waals surface area contributed by atoms with Gasteiger partial charge in [-0.2, -0.15) is 0 Å². The van der Waals surface area contributed by atoms with Crippen LogP contribution in [0.3, 0.4) is 0 Å². The van der Waals surface area contributed by atoms with Crippen LogP contribution in [0.25, 0.3) is 0 Å². The van der Waals surface area contributed by atoms with Gasteiger partial charge in [-0.05, 0) is 19.3 Å². The maximum Gasteiger partial charge on any atom is 0.317 e. The quantitative estimate of drug-likeness (QED) is 0.601. The number of likely N-dealkylation sites (tertiary alicyclic amines) is 1. The number of nitrogens with one attached hydrogen (secondary N) is 2. The molecular weight excluding hydrogens is 166 g/mol. The Hall–Kier alpha value is -0.770. The molecule has 2 heterocycles. The van der Waals surface area contributed by atoms with Crippen molar-refractivity contribution in [1.29, 1.82) is 0 Å². The van der Waals surface area contributed by atoms with Crippen molar-refractivity contribution >= 4 is 6.03 Å². The first-order chi connectivity index (χ1) is 6.29. The normalized spacial score (nSPS) is 31.9. The zero-order chi connectivity index (χ0) is 9.26. The van der Waals surface area contributed by atoms with Crippen molar-refractivity contribution in [2.24, 2.45) is 5.92 Å². The molecule has 2 N–H and O–H groups in total. The highest BCUT2D eigenvalue weighted by Gasteiger charge is 2.34. The zero-order valence-electron chi connectivity index (χ0n) is 8.05. The van der Waals surface area contributed by atoms with E-state index in [9.17, 15) is 4.79 Å². The highest BCUT2D eigenvalue weighted by Crippen LogP contribution is 2.21. The molecule has 2 rings (SSSR count). The minimum absolute atomic E-state index is 0.0981. The van der Waals surface area contributed by atoms with E-state index >= 15 is 0 Å². The van der Waals surface area contributed by atoms with E-state index in [1.807, 2.05) is 11.8 Å². The number of hydrogen-bond donors (Lipinski definition) is 2. The van der Waals surface area contributed by atoms with Crippen LogP contribution >= 0.6 is 0 Å². The van der Waals surface area contributed by atoms with Crippen LogP contribution in [0.5, 0.6) is 0 Å². The van der Waals surface area contributed by atoms with E-state index in [-0.39, 0.29) is 6.03 Å². The third-order valence-electron chi connectivity index (χ3n) is 2.85. The summed E-state index contributed by atoms with van der Waals surface area (Å²) in [5.74, 6) is 0.682. The number of piperidine rings is 1. The molecule has 0 radical (unpaired) electrons. The molecular formula is C9H17N3O. The summed E-state index contributed by atoms with van der Waals surface area (Å²) in [6.07, 6.45) is 1.25. The summed E-state index contributed by atoms with van der Waals surface area (Å²) in [4.78, 5) is 13.4. The molecule has 0 aromatic heterocycles. The Morgan fingerprint density at radius 2 is 2.46 bits per heavy atom. The SMILES string of the molecule is CCNC(=O)N1CC2CNC(C2)C1. The van der Waals surface area contributed by atoms with E-state index < -0.39 is 0 Å². The first-order valence-corrected chi connectivity index (χ1v) is 5.05. The molecule has 2 aliphatic heterocycles. The van der Waals surface area contributed by atoms with Gasteiger partial charge in [0.05, 0.1) is 0 Å². The summed E-state index contributed by atoms with van der Waals surface area (Å²) in [7, 11) is 0. The van der Waals surface area contributed by atoms with Gasteiger partial charge in [0, 0.05) is 32.2 Å². The summed E-state index contributed by atoms with van der Waals surface area (Å²) < 4.78 is 0. The standard InChI is InChI=1S/C9H17N3O/c1-2-10-9(13)12-5-7-3-8(6-12)11-4-7/h7-8,11H,2-6H2,1H3,(H,10,13). The van der Waals surface area contributed by atoms with Crippen molar-refractivity contribution < 1.29 is 4.79 Å². The summed E-state index contributed by atoms with van der Waals surface area (Å²) in [5, 5.41) is 6.27. The van der Waals surface area contributed by atoms with Gasteiger partial charge in [0.25, 0.3) is 0 Å². The van der Waals surface area contributed by atoms with Crippen molar-refractivity contribution in [2.45, 2.75) is 19.4 Å². The van der Waals surface area contributed by atoms with Gasteiger partial charge in [0.15, 0.2) is 0 Å². The van der Waals surface area contributed by atoms with Crippen LogP contribution in [0.2, 0.25) is 0 Å². The Labute approximate surface area is 78.7 Å². The van der Waals surface area contributed by atoms with Crippen molar-refractivity contribution in [3.05, 3.63) is 0 Å². The Bertz CT molecular complexity index is 195. The lowest BCUT2D eigenvalue weighted by atomic mass is 10.0. The summed E-state index contributed by atoms with van der Waals surface area (Å²) in [6, 6.07) is 0.641. The van der Waals surface area contributed by atoms with Crippen LogP contribution < -0.4 is 10.6 Å². The van der Waals surface area contributed by atoms with Gasteiger partial charge in [0.1, 0.15) is 0 Å². The van der Waals surface area contributed by atoms with E-state index in [1.165, 1.54) is 6.42 Å². The summed E-state index contributed by atoms with van der Waals surface area (Å²) in [6.45, 7) is 5.56. The van der Waals surface area contributed by atoms with Gasteiger partial charge in [-0.15, -0.1) is 0 Å². The number of amides is 2. The van der Waals surface area contributed by atoms with Crippen molar-refractivity contribution in [2.75, 3.05) is 26.2 Å². The molecule has 2 saturated heterocycles. The average Bonchev–Trinajstić information content (AvgIpc) is 2.46. The topological polar surface area (TPSA) is 44.4 Å². The number of carbonyl (C=O) groups is 1. The summed E-state index contributed by atoms with van der Waals surface area (Å²) in [5.41, 5.74) is 0. The lowest BCUT2D eigenvalue weighted by molar-refractivity contribution is 0.174. The smallest absolute Gasteiger partial charge is 0.317 e. The molecule has 2 fully saturated rings. The van der Waals surface area contributed by atoms with E-state index in [0.717, 1.165) is 26.2 Å². The molecule has 0 aliphatic carbocycles. The van der Waals surface area contributed by atoms with E-state index in [2.05, 4.69) is 10.6 Å². The fourth-order valence-corrected chi connectivity index (χ4v) is 2.26. The summed E-state index contributed by atoms with van der Waals surface area (Å²) >= 11 is 0. The van der Waals surface area contributed by atoms with Crippen molar-refractivity contribution in [1.82, 2.24) is 15.5 Å². The Balaban J connectivity index is 1.91. The fraction of sp³-hybridized carbons (Fsp3) is 0.889. The average molecular weight is 183 g/mol. The molecule has 2 atom stereocenters. The number of hydrogen-bond acceptors (Lipinski definition) is 2. The third kappa shape index (κ3) is 1.77. The molecule has 2 amide bonds. The van der Waals surface area contributed by atoms with Crippen LogP contribution in [-0.2, 0) is 0 Å². The third-order valence-corrected chi connectivity index (χ3v) is 2.85. The number of urea groups is 1. The zero-order valence-corrected chi connectivity index (χ0v) is 8.05. The van der Waals surface area contributed by atoms with E-state index in [4.69, 9.17) is 0 Å². The lowest BCUT2D eigenvalue weighted by Crippen LogP contribution is -2.48. The molecule has 2 bridgehead atoms. The minimum atomic E-state index is 0.0981. The molecule has 4 heteroatoms. The largest absolute Gasteiger partial charge is 0.338 e.